The van der Waals surface area contributed by atoms with E-state index in [0.717, 1.165) is 40.2 Å². The number of hydrogen-bond donors (Lipinski definition) is 0. The Balaban J connectivity index is 1.70. The van der Waals surface area contributed by atoms with Crippen molar-refractivity contribution in [2.45, 2.75) is 39.3 Å². The summed E-state index contributed by atoms with van der Waals surface area (Å²) in [6.45, 7) is 7.29. The quantitative estimate of drug-likeness (QED) is 0.104. The Labute approximate surface area is 231 Å². The molecular formula is C32H37ClO5. The Morgan fingerprint density at radius 2 is 1.39 bits per heavy atom. The number of methoxy groups -OCH3 is 2. The van der Waals surface area contributed by atoms with Crippen LogP contribution in [0, 0.1) is 5.41 Å². The Hall–Kier alpha value is -2.83. The zero-order valence-electron chi connectivity index (χ0n) is 22.8. The third kappa shape index (κ3) is 6.59. The second-order valence-electron chi connectivity index (χ2n) is 10.3. The van der Waals surface area contributed by atoms with Crippen molar-refractivity contribution in [3.63, 3.8) is 0 Å². The van der Waals surface area contributed by atoms with E-state index in [-0.39, 0.29) is 5.41 Å². The summed E-state index contributed by atoms with van der Waals surface area (Å²) < 4.78 is 28.3. The van der Waals surface area contributed by atoms with E-state index in [9.17, 15) is 0 Å². The van der Waals surface area contributed by atoms with E-state index in [1.807, 2.05) is 30.3 Å². The third-order valence-corrected chi connectivity index (χ3v) is 6.99. The fourth-order valence-electron chi connectivity index (χ4n) is 4.37. The molecule has 0 spiro atoms. The third-order valence-electron chi connectivity index (χ3n) is 6.80. The van der Waals surface area contributed by atoms with Crippen molar-refractivity contribution in [3.8, 4) is 11.5 Å². The van der Waals surface area contributed by atoms with Gasteiger partial charge < -0.3 is 23.7 Å². The predicted octanol–water partition coefficient (Wildman–Crippen LogP) is 7.42. The summed E-state index contributed by atoms with van der Waals surface area (Å²) >= 11 is 6.32. The molecule has 38 heavy (non-hydrogen) atoms. The Morgan fingerprint density at radius 1 is 0.842 bits per heavy atom. The van der Waals surface area contributed by atoms with Gasteiger partial charge in [-0.3, -0.25) is 0 Å². The Kier molecular flexibility index (Phi) is 9.16. The molecule has 1 fully saturated rings. The van der Waals surface area contributed by atoms with Gasteiger partial charge in [0.1, 0.15) is 24.7 Å². The van der Waals surface area contributed by atoms with E-state index in [4.69, 9.17) is 35.3 Å². The van der Waals surface area contributed by atoms with Crippen LogP contribution in [-0.2, 0) is 14.2 Å². The SMILES string of the molecule is COC(COc1ccc(C(=C(CCCl)c2ccccc2)c2ccc(OC3(C(C)(C)C)CO3)cc2)cc1)OC. The molecule has 1 unspecified atom stereocenters. The topological polar surface area (TPSA) is 49.5 Å². The van der Waals surface area contributed by atoms with Crippen molar-refractivity contribution in [1.29, 1.82) is 0 Å². The average Bonchev–Trinajstić information content (AvgIpc) is 3.72. The molecule has 1 aliphatic rings. The summed E-state index contributed by atoms with van der Waals surface area (Å²) in [5.74, 6) is 1.47. The minimum Gasteiger partial charge on any atom is -0.488 e. The summed E-state index contributed by atoms with van der Waals surface area (Å²) in [6, 6.07) is 26.7. The molecule has 1 aliphatic heterocycles. The van der Waals surface area contributed by atoms with Crippen LogP contribution < -0.4 is 9.47 Å². The fourth-order valence-corrected chi connectivity index (χ4v) is 4.56. The van der Waals surface area contributed by atoms with Crippen LogP contribution in [0.3, 0.4) is 0 Å². The molecule has 3 aromatic rings. The average molecular weight is 537 g/mol. The summed E-state index contributed by atoms with van der Waals surface area (Å²) in [5, 5.41) is 0. The molecule has 0 aromatic heterocycles. The van der Waals surface area contributed by atoms with Crippen LogP contribution in [0.25, 0.3) is 11.1 Å². The highest BCUT2D eigenvalue weighted by Crippen LogP contribution is 2.45. The van der Waals surface area contributed by atoms with Crippen LogP contribution >= 0.6 is 11.6 Å². The zero-order valence-corrected chi connectivity index (χ0v) is 23.6. The van der Waals surface area contributed by atoms with Crippen molar-refractivity contribution >= 4 is 22.7 Å². The van der Waals surface area contributed by atoms with E-state index in [1.54, 1.807) is 14.2 Å². The Morgan fingerprint density at radius 3 is 1.87 bits per heavy atom. The molecule has 1 atom stereocenters. The van der Waals surface area contributed by atoms with Crippen LogP contribution in [0.4, 0.5) is 0 Å². The van der Waals surface area contributed by atoms with Gasteiger partial charge in [0.2, 0.25) is 5.79 Å². The number of rotatable bonds is 12. The molecule has 0 bridgehead atoms. The summed E-state index contributed by atoms with van der Waals surface area (Å²) in [5.41, 5.74) is 5.48. The highest BCUT2D eigenvalue weighted by Gasteiger charge is 2.57. The molecule has 202 valence electrons. The van der Waals surface area contributed by atoms with E-state index in [2.05, 4.69) is 69.3 Å². The minimum atomic E-state index is -0.568. The number of halogens is 1. The first-order valence-electron chi connectivity index (χ1n) is 12.9. The molecule has 0 N–H and O–H groups in total. The minimum absolute atomic E-state index is 0.117. The van der Waals surface area contributed by atoms with Crippen LogP contribution in [0.15, 0.2) is 78.9 Å². The van der Waals surface area contributed by atoms with Gasteiger partial charge in [-0.25, -0.2) is 0 Å². The first kappa shape index (κ1) is 28.2. The highest BCUT2D eigenvalue weighted by atomic mass is 35.5. The molecular weight excluding hydrogens is 500 g/mol. The van der Waals surface area contributed by atoms with E-state index < -0.39 is 12.1 Å². The van der Waals surface area contributed by atoms with Gasteiger partial charge in [0.15, 0.2) is 6.29 Å². The molecule has 0 radical (unpaired) electrons. The number of alkyl halides is 1. The van der Waals surface area contributed by atoms with Crippen molar-refractivity contribution in [3.05, 3.63) is 95.6 Å². The van der Waals surface area contributed by atoms with Gasteiger partial charge in [0, 0.05) is 25.5 Å². The van der Waals surface area contributed by atoms with Crippen molar-refractivity contribution in [2.24, 2.45) is 5.41 Å². The fraction of sp³-hybridized carbons (Fsp3) is 0.375. The van der Waals surface area contributed by atoms with E-state index >= 15 is 0 Å². The van der Waals surface area contributed by atoms with E-state index in [0.29, 0.717) is 19.1 Å². The maximum absolute atomic E-state index is 6.32. The standard InChI is InChI=1S/C32H37ClO5/c1-31(2,3)32(22-37-32)38-27-17-13-25(14-18-27)30(28(19-20-33)23-9-7-6-8-10-23)24-11-15-26(16-12-24)36-21-29(34-4)35-5/h6-18,29H,19-22H2,1-5H3. The predicted molar refractivity (Wildman–Crippen MR) is 153 cm³/mol. The number of benzene rings is 3. The second kappa shape index (κ2) is 12.4. The van der Waals surface area contributed by atoms with Crippen LogP contribution in [-0.4, -0.2) is 45.4 Å². The maximum Gasteiger partial charge on any atom is 0.239 e. The summed E-state index contributed by atoms with van der Waals surface area (Å²) in [6.07, 6.45) is 0.305. The molecule has 0 saturated carbocycles. The van der Waals surface area contributed by atoms with Gasteiger partial charge in [-0.05, 0) is 58.5 Å². The summed E-state index contributed by atoms with van der Waals surface area (Å²) in [4.78, 5) is 0. The van der Waals surface area contributed by atoms with E-state index in [1.165, 1.54) is 5.57 Å². The van der Waals surface area contributed by atoms with Gasteiger partial charge in [-0.15, -0.1) is 11.6 Å². The van der Waals surface area contributed by atoms with Crippen LogP contribution in [0.5, 0.6) is 11.5 Å². The lowest BCUT2D eigenvalue weighted by Gasteiger charge is -2.28. The van der Waals surface area contributed by atoms with Crippen molar-refractivity contribution in [2.75, 3.05) is 33.3 Å². The maximum atomic E-state index is 6.32. The van der Waals surface area contributed by atoms with Gasteiger partial charge in [0.25, 0.3) is 0 Å². The first-order chi connectivity index (χ1) is 18.3. The van der Waals surface area contributed by atoms with Gasteiger partial charge >= 0.3 is 0 Å². The summed E-state index contributed by atoms with van der Waals surface area (Å²) in [7, 11) is 3.19. The monoisotopic (exact) mass is 536 g/mol. The largest absolute Gasteiger partial charge is 0.488 e. The lowest BCUT2D eigenvalue weighted by atomic mass is 9.88. The zero-order chi connectivity index (χ0) is 27.2. The smallest absolute Gasteiger partial charge is 0.239 e. The Bertz CT molecular complexity index is 1190. The van der Waals surface area contributed by atoms with Crippen molar-refractivity contribution < 1.29 is 23.7 Å². The van der Waals surface area contributed by atoms with Gasteiger partial charge in [-0.1, -0.05) is 75.4 Å². The van der Waals surface area contributed by atoms with Gasteiger partial charge in [-0.2, -0.15) is 0 Å². The van der Waals surface area contributed by atoms with Crippen LogP contribution in [0.1, 0.15) is 43.9 Å². The normalized spacial score (nSPS) is 17.8. The molecule has 0 aliphatic carbocycles. The molecule has 6 heteroatoms. The van der Waals surface area contributed by atoms with Gasteiger partial charge in [0.05, 0.1) is 0 Å². The second-order valence-corrected chi connectivity index (χ2v) is 10.7. The number of hydrogen-bond acceptors (Lipinski definition) is 5. The molecule has 0 amide bonds. The number of ether oxygens (including phenoxy) is 5. The highest BCUT2D eigenvalue weighted by molar-refractivity contribution is 6.18. The molecule has 1 saturated heterocycles. The molecule has 1 heterocycles. The first-order valence-corrected chi connectivity index (χ1v) is 13.4. The molecule has 4 rings (SSSR count). The van der Waals surface area contributed by atoms with Crippen LogP contribution in [0.2, 0.25) is 0 Å². The number of allylic oxidation sites excluding steroid dienone is 1. The lowest BCUT2D eigenvalue weighted by Crippen LogP contribution is -2.36. The molecule has 5 nitrogen and oxygen atoms in total. The van der Waals surface area contributed by atoms with Crippen molar-refractivity contribution in [1.82, 2.24) is 0 Å². The lowest BCUT2D eigenvalue weighted by molar-refractivity contribution is -0.121. The number of epoxide rings is 1. The molecule has 3 aromatic carbocycles.